The van der Waals surface area contributed by atoms with Crippen LogP contribution in [0, 0.1) is 18.2 Å². The number of nitrogens with one attached hydrogen (secondary N) is 4. The number of hydrogen-bond acceptors (Lipinski definition) is 6. The number of urea groups is 1. The van der Waals surface area contributed by atoms with Gasteiger partial charge in [-0.05, 0) is 48.1 Å². The Balaban J connectivity index is 1.51. The molecule has 2 amide bonds. The molecule has 0 saturated heterocycles. The first-order chi connectivity index (χ1) is 14.8. The van der Waals surface area contributed by atoms with Crippen LogP contribution in [0.1, 0.15) is 25.8 Å². The van der Waals surface area contributed by atoms with Crippen LogP contribution in [0.15, 0.2) is 30.6 Å². The van der Waals surface area contributed by atoms with Crippen LogP contribution in [0.5, 0.6) is 0 Å². The van der Waals surface area contributed by atoms with Crippen LogP contribution in [-0.2, 0) is 0 Å². The zero-order valence-electron chi connectivity index (χ0n) is 18.0. The minimum Gasteiger partial charge on any atom is -0.357 e. The SMILES string of the molecule is CNc1ncc2cc(-c3cc(NC(=O)NCNC4CC4(C)C)c(F)cc3C)cnc2n1. The number of pyridine rings is 1. The van der Waals surface area contributed by atoms with E-state index in [1.165, 1.54) is 6.07 Å². The highest BCUT2D eigenvalue weighted by Crippen LogP contribution is 2.44. The van der Waals surface area contributed by atoms with Gasteiger partial charge in [-0.25, -0.2) is 19.2 Å². The minimum atomic E-state index is -0.497. The fourth-order valence-electron chi connectivity index (χ4n) is 3.51. The molecule has 8 nitrogen and oxygen atoms in total. The maximum absolute atomic E-state index is 14.5. The van der Waals surface area contributed by atoms with Gasteiger partial charge in [0.2, 0.25) is 5.95 Å². The van der Waals surface area contributed by atoms with Crippen molar-refractivity contribution in [3.05, 3.63) is 42.0 Å². The van der Waals surface area contributed by atoms with Crippen LogP contribution in [0.4, 0.5) is 20.8 Å². The average molecular weight is 423 g/mol. The first-order valence-electron chi connectivity index (χ1n) is 10.2. The summed E-state index contributed by atoms with van der Waals surface area (Å²) in [7, 11) is 1.74. The van der Waals surface area contributed by atoms with Crippen molar-refractivity contribution in [1.29, 1.82) is 0 Å². The number of fused-ring (bicyclic) bond motifs is 1. The summed E-state index contributed by atoms with van der Waals surface area (Å²) in [6.07, 6.45) is 4.44. The monoisotopic (exact) mass is 423 g/mol. The van der Waals surface area contributed by atoms with E-state index in [2.05, 4.69) is 50.1 Å². The van der Waals surface area contributed by atoms with Crippen molar-refractivity contribution in [3.8, 4) is 11.1 Å². The van der Waals surface area contributed by atoms with Crippen LogP contribution in [0.2, 0.25) is 0 Å². The molecule has 1 aliphatic carbocycles. The predicted octanol–water partition coefficient (Wildman–Crippen LogP) is 3.65. The molecule has 2 aromatic heterocycles. The number of rotatable bonds is 6. The van der Waals surface area contributed by atoms with E-state index in [0.29, 0.717) is 24.3 Å². The van der Waals surface area contributed by atoms with E-state index < -0.39 is 11.8 Å². The Kier molecular flexibility index (Phi) is 5.45. The molecular formula is C22H26FN7O. The molecule has 2 heterocycles. The van der Waals surface area contributed by atoms with Crippen molar-refractivity contribution in [1.82, 2.24) is 25.6 Å². The van der Waals surface area contributed by atoms with Crippen molar-refractivity contribution in [2.45, 2.75) is 33.2 Å². The second-order valence-electron chi connectivity index (χ2n) is 8.48. The number of aryl methyl sites for hydroxylation is 1. The molecule has 1 aromatic carbocycles. The summed E-state index contributed by atoms with van der Waals surface area (Å²) in [4.78, 5) is 25.2. The maximum atomic E-state index is 14.5. The number of halogens is 1. The molecule has 3 aromatic rings. The Morgan fingerprint density at radius 1 is 1.23 bits per heavy atom. The average Bonchev–Trinajstić information content (AvgIpc) is 3.35. The molecule has 1 fully saturated rings. The topological polar surface area (TPSA) is 104 Å². The van der Waals surface area contributed by atoms with Crippen molar-refractivity contribution >= 4 is 28.7 Å². The molecule has 0 radical (unpaired) electrons. The number of amides is 2. The summed E-state index contributed by atoms with van der Waals surface area (Å²) in [5.41, 5.74) is 3.21. The van der Waals surface area contributed by atoms with Gasteiger partial charge in [0.15, 0.2) is 5.65 Å². The van der Waals surface area contributed by atoms with Gasteiger partial charge < -0.3 is 16.0 Å². The van der Waals surface area contributed by atoms with E-state index in [4.69, 9.17) is 0 Å². The molecule has 0 bridgehead atoms. The van der Waals surface area contributed by atoms with Crippen LogP contribution in [0.3, 0.4) is 0 Å². The third kappa shape index (κ3) is 4.56. The van der Waals surface area contributed by atoms with Crippen molar-refractivity contribution in [2.24, 2.45) is 5.41 Å². The Labute approximate surface area is 180 Å². The fourth-order valence-corrected chi connectivity index (χ4v) is 3.51. The molecule has 162 valence electrons. The van der Waals surface area contributed by atoms with Gasteiger partial charge in [0.25, 0.3) is 0 Å². The number of carbonyl (C=O) groups excluding carboxylic acids is 1. The summed E-state index contributed by atoms with van der Waals surface area (Å²) in [5.74, 6) is -0.00798. The van der Waals surface area contributed by atoms with E-state index in [1.54, 1.807) is 25.5 Å². The third-order valence-corrected chi connectivity index (χ3v) is 5.64. The van der Waals surface area contributed by atoms with Crippen molar-refractivity contribution in [3.63, 3.8) is 0 Å². The van der Waals surface area contributed by atoms with Gasteiger partial charge in [0.05, 0.1) is 12.4 Å². The molecule has 1 unspecified atom stereocenters. The first kappa shape index (κ1) is 20.9. The van der Waals surface area contributed by atoms with Crippen molar-refractivity contribution < 1.29 is 9.18 Å². The molecule has 0 aliphatic heterocycles. The van der Waals surface area contributed by atoms with E-state index in [-0.39, 0.29) is 11.1 Å². The third-order valence-electron chi connectivity index (χ3n) is 5.64. The van der Waals surface area contributed by atoms with Crippen LogP contribution in [0.25, 0.3) is 22.2 Å². The van der Waals surface area contributed by atoms with Gasteiger partial charge in [-0.1, -0.05) is 13.8 Å². The molecule has 1 aliphatic rings. The van der Waals surface area contributed by atoms with Gasteiger partial charge in [-0.3, -0.25) is 5.32 Å². The maximum Gasteiger partial charge on any atom is 0.320 e. The lowest BCUT2D eigenvalue weighted by molar-refractivity contribution is 0.251. The van der Waals surface area contributed by atoms with Crippen LogP contribution >= 0.6 is 0 Å². The van der Waals surface area contributed by atoms with Gasteiger partial charge in [0, 0.05) is 36.4 Å². The lowest BCUT2D eigenvalue weighted by Gasteiger charge is -2.13. The molecule has 31 heavy (non-hydrogen) atoms. The normalized spacial score (nSPS) is 16.7. The Morgan fingerprint density at radius 2 is 2.00 bits per heavy atom. The highest BCUT2D eigenvalue weighted by atomic mass is 19.1. The zero-order valence-corrected chi connectivity index (χ0v) is 18.0. The summed E-state index contributed by atoms with van der Waals surface area (Å²) in [6.45, 7) is 6.47. The van der Waals surface area contributed by atoms with Gasteiger partial charge in [0.1, 0.15) is 5.82 Å². The highest BCUT2D eigenvalue weighted by molar-refractivity contribution is 5.91. The molecule has 4 rings (SSSR count). The quantitative estimate of drug-likeness (QED) is 0.451. The zero-order chi connectivity index (χ0) is 22.2. The Bertz CT molecular complexity index is 1150. The van der Waals surface area contributed by atoms with Crippen molar-refractivity contribution in [2.75, 3.05) is 24.3 Å². The predicted molar refractivity (Wildman–Crippen MR) is 119 cm³/mol. The second kappa shape index (κ2) is 8.07. The molecule has 9 heteroatoms. The molecule has 4 N–H and O–H groups in total. The summed E-state index contributed by atoms with van der Waals surface area (Å²) in [5, 5.41) is 12.2. The number of nitrogens with zero attached hydrogens (tertiary/aromatic N) is 3. The lowest BCUT2D eigenvalue weighted by atomic mass is 10.0. The van der Waals surface area contributed by atoms with E-state index >= 15 is 0 Å². The van der Waals surface area contributed by atoms with E-state index in [9.17, 15) is 9.18 Å². The second-order valence-corrected chi connectivity index (χ2v) is 8.48. The molecular weight excluding hydrogens is 397 g/mol. The molecule has 1 atom stereocenters. The largest absolute Gasteiger partial charge is 0.357 e. The number of hydrogen-bond donors (Lipinski definition) is 4. The first-order valence-corrected chi connectivity index (χ1v) is 10.2. The number of carbonyl (C=O) groups is 1. The van der Waals surface area contributed by atoms with E-state index in [1.807, 2.05) is 13.0 Å². The fraction of sp³-hybridized carbons (Fsp3) is 0.364. The molecule has 1 saturated carbocycles. The standard InChI is InChI=1S/C22H26FN7O/c1-12-5-16(23)17(29-21(31)28-11-27-18-8-22(18,2)3)7-15(12)13-6-14-10-26-20(24-4)30-19(14)25-9-13/h5-7,9-10,18,27H,8,11H2,1-4H3,(H2,28,29,31)(H,24,25,26,30). The number of benzene rings is 1. The van der Waals surface area contributed by atoms with Gasteiger partial charge in [-0.2, -0.15) is 4.98 Å². The Hall–Kier alpha value is -3.33. The summed E-state index contributed by atoms with van der Waals surface area (Å²) < 4.78 is 14.5. The van der Waals surface area contributed by atoms with Gasteiger partial charge >= 0.3 is 6.03 Å². The lowest BCUT2D eigenvalue weighted by Crippen LogP contribution is -2.38. The summed E-state index contributed by atoms with van der Waals surface area (Å²) in [6, 6.07) is 4.84. The number of anilines is 2. The van der Waals surface area contributed by atoms with Crippen LogP contribution < -0.4 is 21.3 Å². The Morgan fingerprint density at radius 3 is 2.71 bits per heavy atom. The van der Waals surface area contributed by atoms with E-state index in [0.717, 1.165) is 28.5 Å². The molecule has 0 spiro atoms. The van der Waals surface area contributed by atoms with Gasteiger partial charge in [-0.15, -0.1) is 0 Å². The minimum absolute atomic E-state index is 0.103. The highest BCUT2D eigenvalue weighted by Gasteiger charge is 2.45. The number of aromatic nitrogens is 3. The smallest absolute Gasteiger partial charge is 0.320 e. The summed E-state index contributed by atoms with van der Waals surface area (Å²) >= 11 is 0. The van der Waals surface area contributed by atoms with Crippen LogP contribution in [-0.4, -0.2) is 40.7 Å².